The van der Waals surface area contributed by atoms with Gasteiger partial charge in [-0.2, -0.15) is 0 Å². The monoisotopic (exact) mass is 383 g/mol. The molecule has 1 aromatic carbocycles. The molecule has 0 aromatic heterocycles. The molecular weight excluding hydrogens is 358 g/mol. The Bertz CT molecular complexity index is 760. The molecule has 0 aliphatic carbocycles. The first-order valence-electron chi connectivity index (χ1n) is 8.77. The van der Waals surface area contributed by atoms with E-state index in [2.05, 4.69) is 5.32 Å². The molecule has 0 atom stereocenters. The third-order valence-corrected chi connectivity index (χ3v) is 6.62. The first-order chi connectivity index (χ1) is 12.4. The summed E-state index contributed by atoms with van der Waals surface area (Å²) in [4.78, 5) is 14.0. The molecule has 0 spiro atoms. The molecule has 26 heavy (non-hydrogen) atoms. The largest absolute Gasteiger partial charge is 0.454 e. The second-order valence-electron chi connectivity index (χ2n) is 6.57. The summed E-state index contributed by atoms with van der Waals surface area (Å²) in [6.45, 7) is 3.22. The zero-order valence-electron chi connectivity index (χ0n) is 15.1. The number of ether oxygens (including phenoxy) is 2. The lowest BCUT2D eigenvalue weighted by Crippen LogP contribution is -2.49. The predicted molar refractivity (Wildman–Crippen MR) is 96.6 cm³/mol. The molecule has 0 bridgehead atoms. The van der Waals surface area contributed by atoms with Crippen LogP contribution in [0, 0.1) is 0 Å². The summed E-state index contributed by atoms with van der Waals surface area (Å²) in [5, 5.41) is 2.99. The van der Waals surface area contributed by atoms with Gasteiger partial charge in [-0.1, -0.05) is 6.07 Å². The summed E-state index contributed by atoms with van der Waals surface area (Å²) in [5.74, 6) is 1.53. The number of hydrogen-bond donors (Lipinski definition) is 1. The zero-order valence-corrected chi connectivity index (χ0v) is 15.9. The zero-order chi connectivity index (χ0) is 18.7. The third-order valence-electron chi connectivity index (χ3n) is 4.74. The molecule has 144 valence electrons. The van der Waals surface area contributed by atoms with E-state index in [4.69, 9.17) is 9.47 Å². The first-order valence-corrected chi connectivity index (χ1v) is 10.4. The molecule has 0 radical (unpaired) electrons. The van der Waals surface area contributed by atoms with Gasteiger partial charge >= 0.3 is 6.03 Å². The highest BCUT2D eigenvalue weighted by atomic mass is 32.2. The van der Waals surface area contributed by atoms with E-state index in [1.165, 1.54) is 4.31 Å². The van der Waals surface area contributed by atoms with E-state index in [1.807, 2.05) is 18.2 Å². The summed E-state index contributed by atoms with van der Waals surface area (Å²) in [7, 11) is -1.41. The molecule has 3 rings (SSSR count). The van der Waals surface area contributed by atoms with Gasteiger partial charge in [-0.25, -0.2) is 17.5 Å². The number of urea groups is 1. The van der Waals surface area contributed by atoms with E-state index >= 15 is 0 Å². The van der Waals surface area contributed by atoms with Crippen LogP contribution in [0.3, 0.4) is 0 Å². The van der Waals surface area contributed by atoms with Crippen molar-refractivity contribution >= 4 is 16.1 Å². The van der Waals surface area contributed by atoms with Crippen LogP contribution in [0.1, 0.15) is 25.3 Å². The fourth-order valence-corrected chi connectivity index (χ4v) is 4.26. The van der Waals surface area contributed by atoms with Crippen molar-refractivity contribution in [3.05, 3.63) is 23.8 Å². The van der Waals surface area contributed by atoms with Crippen LogP contribution in [0.15, 0.2) is 18.2 Å². The molecule has 1 N–H and O–H groups in total. The number of piperidine rings is 1. The normalized spacial score (nSPS) is 17.9. The van der Waals surface area contributed by atoms with Crippen molar-refractivity contribution in [3.8, 4) is 11.5 Å². The molecule has 9 heteroatoms. The number of sulfonamides is 1. The van der Waals surface area contributed by atoms with Crippen LogP contribution in [-0.2, 0) is 16.6 Å². The Hall–Kier alpha value is -2.00. The molecule has 1 fully saturated rings. The van der Waals surface area contributed by atoms with Crippen molar-refractivity contribution in [3.63, 3.8) is 0 Å². The van der Waals surface area contributed by atoms with Gasteiger partial charge in [-0.3, -0.25) is 0 Å². The number of carbonyl (C=O) groups is 1. The van der Waals surface area contributed by atoms with Gasteiger partial charge in [0.2, 0.25) is 16.8 Å². The molecule has 1 aromatic rings. The first kappa shape index (κ1) is 18.8. The van der Waals surface area contributed by atoms with Crippen LogP contribution >= 0.6 is 0 Å². The van der Waals surface area contributed by atoms with Gasteiger partial charge in [-0.15, -0.1) is 0 Å². The van der Waals surface area contributed by atoms with E-state index in [1.54, 1.807) is 18.9 Å². The van der Waals surface area contributed by atoms with Gasteiger partial charge < -0.3 is 19.7 Å². The topological polar surface area (TPSA) is 88.2 Å². The lowest BCUT2D eigenvalue weighted by Gasteiger charge is -2.32. The highest BCUT2D eigenvalue weighted by molar-refractivity contribution is 7.89. The van der Waals surface area contributed by atoms with Crippen molar-refractivity contribution < 1.29 is 22.7 Å². The van der Waals surface area contributed by atoms with Crippen molar-refractivity contribution in [1.29, 1.82) is 0 Å². The van der Waals surface area contributed by atoms with Crippen molar-refractivity contribution in [2.45, 2.75) is 32.4 Å². The minimum absolute atomic E-state index is 0.00925. The summed E-state index contributed by atoms with van der Waals surface area (Å²) in [5.41, 5.74) is 0.954. The van der Waals surface area contributed by atoms with Gasteiger partial charge in [0.15, 0.2) is 11.5 Å². The van der Waals surface area contributed by atoms with Crippen LogP contribution in [0.25, 0.3) is 0 Å². The van der Waals surface area contributed by atoms with Gasteiger partial charge in [0.1, 0.15) is 0 Å². The molecule has 2 amide bonds. The van der Waals surface area contributed by atoms with E-state index in [-0.39, 0.29) is 24.6 Å². The van der Waals surface area contributed by atoms with Crippen molar-refractivity contribution in [2.24, 2.45) is 0 Å². The van der Waals surface area contributed by atoms with Crippen molar-refractivity contribution in [2.75, 3.05) is 32.7 Å². The number of amides is 2. The molecule has 1 saturated heterocycles. The Morgan fingerprint density at radius 2 is 1.96 bits per heavy atom. The molecule has 0 unspecified atom stereocenters. The highest BCUT2D eigenvalue weighted by Crippen LogP contribution is 2.32. The predicted octanol–water partition coefficient (Wildman–Crippen LogP) is 1.37. The fourth-order valence-electron chi connectivity index (χ4n) is 3.13. The van der Waals surface area contributed by atoms with E-state index in [0.29, 0.717) is 38.2 Å². The van der Waals surface area contributed by atoms with E-state index in [9.17, 15) is 13.2 Å². The summed E-state index contributed by atoms with van der Waals surface area (Å²) >= 11 is 0. The maximum Gasteiger partial charge on any atom is 0.317 e. The lowest BCUT2D eigenvalue weighted by atomic mass is 10.1. The SMILES string of the molecule is CCS(=O)(=O)N1CCC(NC(=O)N(C)Cc2ccc3c(c2)OCO3)CC1. The van der Waals surface area contributed by atoms with Gasteiger partial charge in [0.05, 0.1) is 5.75 Å². The number of carbonyl (C=O) groups excluding carboxylic acids is 1. The summed E-state index contributed by atoms with van der Waals surface area (Å²) in [6, 6.07) is 5.45. The van der Waals surface area contributed by atoms with Gasteiger partial charge in [0, 0.05) is 32.7 Å². The number of hydrogen-bond acceptors (Lipinski definition) is 5. The smallest absolute Gasteiger partial charge is 0.317 e. The van der Waals surface area contributed by atoms with Crippen LogP contribution in [0.4, 0.5) is 4.79 Å². The second-order valence-corrected chi connectivity index (χ2v) is 8.82. The Kier molecular flexibility index (Phi) is 5.57. The number of fused-ring (bicyclic) bond motifs is 1. The Morgan fingerprint density at radius 3 is 2.65 bits per heavy atom. The van der Waals surface area contributed by atoms with Gasteiger partial charge in [0.25, 0.3) is 0 Å². The Labute approximate surface area is 154 Å². The number of nitrogens with one attached hydrogen (secondary N) is 1. The number of benzene rings is 1. The van der Waals surface area contributed by atoms with Crippen LogP contribution in [-0.4, -0.2) is 62.4 Å². The minimum Gasteiger partial charge on any atom is -0.454 e. The molecule has 8 nitrogen and oxygen atoms in total. The number of rotatable bonds is 5. The maximum atomic E-state index is 12.4. The quantitative estimate of drug-likeness (QED) is 0.830. The summed E-state index contributed by atoms with van der Waals surface area (Å²) in [6.07, 6.45) is 1.26. The average molecular weight is 383 g/mol. The standard InChI is InChI=1S/C17H25N3O5S/c1-3-26(22,23)20-8-6-14(7-9-20)18-17(21)19(2)11-13-4-5-15-16(10-13)25-12-24-15/h4-5,10,14H,3,6-9,11-12H2,1-2H3,(H,18,21). The fraction of sp³-hybridized carbons (Fsp3) is 0.588. The number of nitrogens with zero attached hydrogens (tertiary/aromatic N) is 2. The van der Waals surface area contributed by atoms with E-state index < -0.39 is 10.0 Å². The van der Waals surface area contributed by atoms with Gasteiger partial charge in [-0.05, 0) is 37.5 Å². The summed E-state index contributed by atoms with van der Waals surface area (Å²) < 4.78 is 35.9. The lowest BCUT2D eigenvalue weighted by molar-refractivity contribution is 0.174. The third kappa shape index (κ3) is 4.21. The average Bonchev–Trinajstić information content (AvgIpc) is 3.10. The van der Waals surface area contributed by atoms with E-state index in [0.717, 1.165) is 11.3 Å². The van der Waals surface area contributed by atoms with Crippen LogP contribution < -0.4 is 14.8 Å². The van der Waals surface area contributed by atoms with Crippen molar-refractivity contribution in [1.82, 2.24) is 14.5 Å². The second kappa shape index (κ2) is 7.71. The Balaban J connectivity index is 1.49. The molecule has 2 aliphatic heterocycles. The molecule has 0 saturated carbocycles. The molecular formula is C17H25N3O5S. The minimum atomic E-state index is -3.15. The van der Waals surface area contributed by atoms with Crippen LogP contribution in [0.2, 0.25) is 0 Å². The Morgan fingerprint density at radius 1 is 1.27 bits per heavy atom. The van der Waals surface area contributed by atoms with Crippen LogP contribution in [0.5, 0.6) is 11.5 Å². The maximum absolute atomic E-state index is 12.4. The highest BCUT2D eigenvalue weighted by Gasteiger charge is 2.28. The molecule has 2 heterocycles. The molecule has 2 aliphatic rings.